The highest BCUT2D eigenvalue weighted by Crippen LogP contribution is 2.24. The zero-order valence-electron chi connectivity index (χ0n) is 15.6. The Balaban J connectivity index is 2.08. The van der Waals surface area contributed by atoms with Gasteiger partial charge in [-0.3, -0.25) is 0 Å². The molecule has 0 saturated heterocycles. The van der Waals surface area contributed by atoms with Crippen LogP contribution in [0, 0.1) is 6.92 Å². The summed E-state index contributed by atoms with van der Waals surface area (Å²) in [5.74, 6) is 1.60. The molecule has 0 aliphatic heterocycles. The topological polar surface area (TPSA) is 29.5 Å². The number of rotatable bonds is 12. The lowest BCUT2D eigenvalue weighted by Crippen LogP contribution is -2.00. The van der Waals surface area contributed by atoms with Gasteiger partial charge in [-0.15, -0.1) is 0 Å². The minimum absolute atomic E-state index is 0.134. The summed E-state index contributed by atoms with van der Waals surface area (Å²) in [4.78, 5) is 0. The lowest BCUT2D eigenvalue weighted by atomic mass is 10.0. The maximum atomic E-state index is 9.20. The Kier molecular flexibility index (Phi) is 10.0. The van der Waals surface area contributed by atoms with Crippen molar-refractivity contribution in [2.45, 2.75) is 91.1 Å². The van der Waals surface area contributed by atoms with E-state index in [0.717, 1.165) is 31.6 Å². The molecule has 1 unspecified atom stereocenters. The quantitative estimate of drug-likeness (QED) is 0.479. The summed E-state index contributed by atoms with van der Waals surface area (Å²) in [6, 6.07) is 6.56. The number of hydrogen-bond donors (Lipinski definition) is 1. The molecule has 0 spiro atoms. The Bertz CT molecular complexity index is 424. The first-order valence-electron chi connectivity index (χ1n) is 9.42. The van der Waals surface area contributed by atoms with Crippen LogP contribution in [0.5, 0.6) is 5.75 Å². The molecule has 1 N–H and O–H groups in total. The van der Waals surface area contributed by atoms with E-state index in [4.69, 9.17) is 4.74 Å². The Morgan fingerprint density at radius 2 is 1.52 bits per heavy atom. The molecule has 132 valence electrons. The number of ether oxygens (including phenoxy) is 1. The second-order valence-electron chi connectivity index (χ2n) is 7.14. The molecule has 0 aliphatic carbocycles. The fourth-order valence-electron chi connectivity index (χ4n) is 2.74. The van der Waals surface area contributed by atoms with Crippen LogP contribution in [-0.4, -0.2) is 17.8 Å². The molecule has 23 heavy (non-hydrogen) atoms. The SMILES string of the molecule is Cc1ccc(C(C)C)cc1OCCCCCCCCCC(C)O. The van der Waals surface area contributed by atoms with Crippen LogP contribution in [0.3, 0.4) is 0 Å². The molecule has 1 aromatic rings. The minimum atomic E-state index is -0.134. The number of hydrogen-bond acceptors (Lipinski definition) is 2. The first kappa shape index (κ1) is 20.0. The third-order valence-corrected chi connectivity index (χ3v) is 4.40. The first-order valence-corrected chi connectivity index (χ1v) is 9.42. The molecular formula is C21H36O2. The van der Waals surface area contributed by atoms with Crippen LogP contribution in [0.2, 0.25) is 0 Å². The normalized spacial score (nSPS) is 12.6. The largest absolute Gasteiger partial charge is 0.493 e. The number of unbranched alkanes of at least 4 members (excludes halogenated alkanes) is 6. The second kappa shape index (κ2) is 11.5. The van der Waals surface area contributed by atoms with E-state index in [2.05, 4.69) is 39.0 Å². The van der Waals surface area contributed by atoms with Crippen LogP contribution >= 0.6 is 0 Å². The predicted octanol–water partition coefficient (Wildman–Crippen LogP) is 6.00. The highest BCUT2D eigenvalue weighted by Gasteiger charge is 2.04. The van der Waals surface area contributed by atoms with Crippen LogP contribution in [-0.2, 0) is 0 Å². The average Bonchev–Trinajstić information content (AvgIpc) is 2.50. The van der Waals surface area contributed by atoms with Crippen LogP contribution in [0.15, 0.2) is 18.2 Å². The summed E-state index contributed by atoms with van der Waals surface area (Å²) < 4.78 is 5.97. The minimum Gasteiger partial charge on any atom is -0.493 e. The molecule has 0 aromatic heterocycles. The van der Waals surface area contributed by atoms with Gasteiger partial charge in [0.1, 0.15) is 5.75 Å². The third kappa shape index (κ3) is 9.00. The molecule has 1 aromatic carbocycles. The molecular weight excluding hydrogens is 284 g/mol. The Labute approximate surface area is 143 Å². The predicted molar refractivity (Wildman–Crippen MR) is 99.4 cm³/mol. The monoisotopic (exact) mass is 320 g/mol. The van der Waals surface area contributed by atoms with Gasteiger partial charge < -0.3 is 9.84 Å². The van der Waals surface area contributed by atoms with Crippen molar-refractivity contribution in [1.82, 2.24) is 0 Å². The molecule has 2 heteroatoms. The van der Waals surface area contributed by atoms with E-state index in [1.807, 2.05) is 6.92 Å². The fourth-order valence-corrected chi connectivity index (χ4v) is 2.74. The summed E-state index contributed by atoms with van der Waals surface area (Å²) in [6.07, 6.45) is 9.51. The highest BCUT2D eigenvalue weighted by molar-refractivity contribution is 5.37. The van der Waals surface area contributed by atoms with E-state index in [9.17, 15) is 5.11 Å². The summed E-state index contributed by atoms with van der Waals surface area (Å²) in [5.41, 5.74) is 2.58. The van der Waals surface area contributed by atoms with Crippen molar-refractivity contribution in [2.24, 2.45) is 0 Å². The van der Waals surface area contributed by atoms with E-state index >= 15 is 0 Å². The molecule has 2 nitrogen and oxygen atoms in total. The molecule has 1 rings (SSSR count). The number of aliphatic hydroxyl groups excluding tert-OH is 1. The van der Waals surface area contributed by atoms with Gasteiger partial charge in [0.15, 0.2) is 0 Å². The van der Waals surface area contributed by atoms with Crippen molar-refractivity contribution < 1.29 is 9.84 Å². The van der Waals surface area contributed by atoms with E-state index in [0.29, 0.717) is 5.92 Å². The Morgan fingerprint density at radius 1 is 0.913 bits per heavy atom. The third-order valence-electron chi connectivity index (χ3n) is 4.40. The Morgan fingerprint density at radius 3 is 2.13 bits per heavy atom. The lowest BCUT2D eigenvalue weighted by molar-refractivity contribution is 0.180. The molecule has 0 amide bonds. The van der Waals surface area contributed by atoms with E-state index < -0.39 is 0 Å². The molecule has 0 radical (unpaired) electrons. The van der Waals surface area contributed by atoms with Crippen molar-refractivity contribution in [3.8, 4) is 5.75 Å². The molecule has 0 saturated carbocycles. The number of aryl methyl sites for hydroxylation is 1. The van der Waals surface area contributed by atoms with Gasteiger partial charge in [0.05, 0.1) is 12.7 Å². The van der Waals surface area contributed by atoms with Crippen molar-refractivity contribution in [1.29, 1.82) is 0 Å². The molecule has 0 bridgehead atoms. The fraction of sp³-hybridized carbons (Fsp3) is 0.714. The second-order valence-corrected chi connectivity index (χ2v) is 7.14. The Hall–Kier alpha value is -1.02. The van der Waals surface area contributed by atoms with Gasteiger partial charge in [0, 0.05) is 0 Å². The van der Waals surface area contributed by atoms with Crippen LogP contribution in [0.1, 0.15) is 89.2 Å². The van der Waals surface area contributed by atoms with Gasteiger partial charge in [0.25, 0.3) is 0 Å². The summed E-state index contributed by atoms with van der Waals surface area (Å²) in [5, 5.41) is 9.20. The smallest absolute Gasteiger partial charge is 0.122 e. The maximum absolute atomic E-state index is 9.20. The lowest BCUT2D eigenvalue weighted by Gasteiger charge is -2.12. The summed E-state index contributed by atoms with van der Waals surface area (Å²) >= 11 is 0. The summed E-state index contributed by atoms with van der Waals surface area (Å²) in [6.45, 7) is 9.25. The molecule has 0 aliphatic rings. The zero-order chi connectivity index (χ0) is 17.1. The summed E-state index contributed by atoms with van der Waals surface area (Å²) in [7, 11) is 0. The van der Waals surface area contributed by atoms with Gasteiger partial charge in [-0.2, -0.15) is 0 Å². The van der Waals surface area contributed by atoms with Gasteiger partial charge in [-0.25, -0.2) is 0 Å². The van der Waals surface area contributed by atoms with Crippen molar-refractivity contribution in [3.05, 3.63) is 29.3 Å². The highest BCUT2D eigenvalue weighted by atomic mass is 16.5. The van der Waals surface area contributed by atoms with E-state index in [1.54, 1.807) is 0 Å². The van der Waals surface area contributed by atoms with Gasteiger partial charge in [0.2, 0.25) is 0 Å². The molecule has 1 atom stereocenters. The average molecular weight is 321 g/mol. The van der Waals surface area contributed by atoms with Crippen molar-refractivity contribution in [2.75, 3.05) is 6.61 Å². The molecule has 0 fully saturated rings. The van der Waals surface area contributed by atoms with Crippen molar-refractivity contribution >= 4 is 0 Å². The van der Waals surface area contributed by atoms with E-state index in [-0.39, 0.29) is 6.10 Å². The molecule has 0 heterocycles. The van der Waals surface area contributed by atoms with Crippen LogP contribution in [0.4, 0.5) is 0 Å². The van der Waals surface area contributed by atoms with Crippen molar-refractivity contribution in [3.63, 3.8) is 0 Å². The zero-order valence-corrected chi connectivity index (χ0v) is 15.6. The first-order chi connectivity index (χ1) is 11.0. The van der Waals surface area contributed by atoms with Crippen LogP contribution in [0.25, 0.3) is 0 Å². The van der Waals surface area contributed by atoms with Crippen LogP contribution < -0.4 is 4.74 Å². The standard InChI is InChI=1S/C21H36O2/c1-17(2)20-14-13-18(3)21(16-20)23-15-11-9-7-5-6-8-10-12-19(4)22/h13-14,16-17,19,22H,5-12,15H2,1-4H3. The van der Waals surface area contributed by atoms with Gasteiger partial charge in [-0.1, -0.05) is 64.5 Å². The van der Waals surface area contributed by atoms with E-state index in [1.165, 1.54) is 43.2 Å². The maximum Gasteiger partial charge on any atom is 0.122 e. The number of benzene rings is 1. The van der Waals surface area contributed by atoms with Gasteiger partial charge in [-0.05, 0) is 49.8 Å². The number of aliphatic hydroxyl groups is 1. The van der Waals surface area contributed by atoms with Gasteiger partial charge >= 0.3 is 0 Å².